The molecule has 0 aliphatic rings. The van der Waals surface area contributed by atoms with Crippen molar-refractivity contribution in [1.82, 2.24) is 0 Å². The van der Waals surface area contributed by atoms with Crippen LogP contribution in [0, 0.1) is 6.92 Å². The summed E-state index contributed by atoms with van der Waals surface area (Å²) in [6, 6.07) is 11.3. The second-order valence-corrected chi connectivity index (χ2v) is 4.61. The molecule has 2 N–H and O–H groups in total. The molecule has 0 fully saturated rings. The maximum Gasteiger partial charge on any atom is 0.347 e. The number of aromatic hydroxyl groups is 2. The van der Waals surface area contributed by atoms with E-state index in [4.69, 9.17) is 4.42 Å². The van der Waals surface area contributed by atoms with Gasteiger partial charge in [-0.15, -0.1) is 0 Å². The average Bonchev–Trinajstić information content (AvgIpc) is 2.42. The van der Waals surface area contributed by atoms with Crippen molar-refractivity contribution in [3.63, 3.8) is 0 Å². The lowest BCUT2D eigenvalue weighted by atomic mass is 10.0. The number of aryl methyl sites for hydroxylation is 1. The van der Waals surface area contributed by atoms with E-state index < -0.39 is 5.63 Å². The molecule has 4 nitrogen and oxygen atoms in total. The molecule has 0 unspecified atom stereocenters. The Morgan fingerprint density at radius 1 is 1.00 bits per heavy atom. The van der Waals surface area contributed by atoms with Crippen LogP contribution in [0.2, 0.25) is 0 Å². The summed E-state index contributed by atoms with van der Waals surface area (Å²) in [5.74, 6) is -0.0140. The van der Waals surface area contributed by atoms with Gasteiger partial charge in [0.05, 0.1) is 5.39 Å². The minimum atomic E-state index is -0.602. The third kappa shape index (κ3) is 1.82. The lowest BCUT2D eigenvalue weighted by Crippen LogP contribution is -2.04. The second kappa shape index (κ2) is 4.42. The highest BCUT2D eigenvalue weighted by molar-refractivity contribution is 5.91. The Labute approximate surface area is 114 Å². The van der Waals surface area contributed by atoms with Gasteiger partial charge in [0.25, 0.3) is 0 Å². The number of hydrogen-bond donors (Lipinski definition) is 2. The van der Waals surface area contributed by atoms with E-state index in [2.05, 4.69) is 0 Å². The molecule has 0 aliphatic heterocycles. The number of phenols is 1. The molecule has 4 heteroatoms. The average molecular weight is 268 g/mol. The lowest BCUT2D eigenvalue weighted by Gasteiger charge is -2.08. The summed E-state index contributed by atoms with van der Waals surface area (Å²) < 4.78 is 5.31. The summed E-state index contributed by atoms with van der Waals surface area (Å²) in [7, 11) is 0. The highest BCUT2D eigenvalue weighted by atomic mass is 16.4. The molecule has 0 aliphatic carbocycles. The monoisotopic (exact) mass is 268 g/mol. The molecule has 0 radical (unpaired) electrons. The van der Waals surface area contributed by atoms with Crippen molar-refractivity contribution in [3.8, 4) is 22.6 Å². The van der Waals surface area contributed by atoms with Gasteiger partial charge < -0.3 is 14.6 Å². The number of hydrogen-bond acceptors (Lipinski definition) is 4. The zero-order chi connectivity index (χ0) is 14.3. The molecule has 1 heterocycles. The van der Waals surface area contributed by atoms with E-state index in [0.29, 0.717) is 16.5 Å². The first-order valence-corrected chi connectivity index (χ1v) is 6.12. The Morgan fingerprint density at radius 2 is 1.70 bits per heavy atom. The van der Waals surface area contributed by atoms with Crippen LogP contribution in [0.25, 0.3) is 22.1 Å². The van der Waals surface area contributed by atoms with Crippen molar-refractivity contribution >= 4 is 11.0 Å². The molecule has 0 saturated heterocycles. The number of phenolic OH excluding ortho intramolecular Hbond substituents is 1. The largest absolute Gasteiger partial charge is 0.508 e. The van der Waals surface area contributed by atoms with Crippen molar-refractivity contribution in [3.05, 3.63) is 58.4 Å². The summed E-state index contributed by atoms with van der Waals surface area (Å²) >= 11 is 0. The van der Waals surface area contributed by atoms with Gasteiger partial charge in [0.15, 0.2) is 0 Å². The van der Waals surface area contributed by atoms with Crippen LogP contribution in [0.15, 0.2) is 51.7 Å². The van der Waals surface area contributed by atoms with Crippen LogP contribution in [0.3, 0.4) is 0 Å². The number of fused-ring (bicyclic) bond motifs is 1. The zero-order valence-electron chi connectivity index (χ0n) is 10.8. The van der Waals surface area contributed by atoms with Crippen molar-refractivity contribution in [1.29, 1.82) is 0 Å². The predicted molar refractivity (Wildman–Crippen MR) is 76.0 cm³/mol. The fourth-order valence-corrected chi connectivity index (χ4v) is 2.23. The number of benzene rings is 2. The molecule has 3 rings (SSSR count). The summed E-state index contributed by atoms with van der Waals surface area (Å²) in [5, 5.41) is 20.1. The van der Waals surface area contributed by atoms with Crippen molar-refractivity contribution in [2.24, 2.45) is 0 Å². The Hall–Kier alpha value is -2.75. The molecular formula is C16H12O4. The topological polar surface area (TPSA) is 70.7 Å². The molecule has 0 atom stereocenters. The molecule has 3 aromatic rings. The zero-order valence-corrected chi connectivity index (χ0v) is 10.8. The van der Waals surface area contributed by atoms with Crippen LogP contribution >= 0.6 is 0 Å². The van der Waals surface area contributed by atoms with E-state index in [9.17, 15) is 15.0 Å². The minimum Gasteiger partial charge on any atom is -0.508 e. The first-order chi connectivity index (χ1) is 9.58. The SMILES string of the molecule is Cc1cccc2c(O)c(-c3ccc(O)cc3)c(=O)oc12. The first-order valence-electron chi connectivity index (χ1n) is 6.12. The lowest BCUT2D eigenvalue weighted by molar-refractivity contribution is 0.470. The molecule has 1 aromatic heterocycles. The van der Waals surface area contributed by atoms with Gasteiger partial charge in [0.1, 0.15) is 22.6 Å². The molecule has 0 bridgehead atoms. The maximum atomic E-state index is 12.1. The molecule has 0 amide bonds. The Kier molecular flexibility index (Phi) is 2.71. The number of rotatable bonds is 1. The van der Waals surface area contributed by atoms with Crippen LogP contribution in [0.4, 0.5) is 0 Å². The predicted octanol–water partition coefficient (Wildman–Crippen LogP) is 3.18. The third-order valence-electron chi connectivity index (χ3n) is 3.26. The van der Waals surface area contributed by atoms with E-state index in [1.807, 2.05) is 13.0 Å². The van der Waals surface area contributed by atoms with E-state index in [1.54, 1.807) is 24.3 Å². The van der Waals surface area contributed by atoms with Gasteiger partial charge in [-0.3, -0.25) is 0 Å². The quantitative estimate of drug-likeness (QED) is 0.665. The molecule has 0 spiro atoms. The number of para-hydroxylation sites is 1. The van der Waals surface area contributed by atoms with Crippen molar-refractivity contribution in [2.45, 2.75) is 6.92 Å². The van der Waals surface area contributed by atoms with Gasteiger partial charge in [0, 0.05) is 0 Å². The fourth-order valence-electron chi connectivity index (χ4n) is 2.23. The Morgan fingerprint density at radius 3 is 2.40 bits per heavy atom. The van der Waals surface area contributed by atoms with Gasteiger partial charge in [-0.2, -0.15) is 0 Å². The summed E-state index contributed by atoms with van der Waals surface area (Å²) in [5.41, 5.74) is 1.17. The van der Waals surface area contributed by atoms with Gasteiger partial charge in [-0.05, 0) is 36.2 Å². The molecular weight excluding hydrogens is 256 g/mol. The van der Waals surface area contributed by atoms with Gasteiger partial charge >= 0.3 is 5.63 Å². The minimum absolute atomic E-state index is 0.0919. The maximum absolute atomic E-state index is 12.1. The van der Waals surface area contributed by atoms with E-state index in [1.165, 1.54) is 12.1 Å². The van der Waals surface area contributed by atoms with Crippen LogP contribution in [-0.2, 0) is 0 Å². The normalized spacial score (nSPS) is 10.8. The second-order valence-electron chi connectivity index (χ2n) is 4.61. The Balaban J connectivity index is 2.37. The van der Waals surface area contributed by atoms with E-state index >= 15 is 0 Å². The molecule has 0 saturated carbocycles. The first kappa shape index (κ1) is 12.3. The van der Waals surface area contributed by atoms with Crippen molar-refractivity contribution in [2.75, 3.05) is 0 Å². The third-order valence-corrected chi connectivity index (χ3v) is 3.26. The molecule has 100 valence electrons. The van der Waals surface area contributed by atoms with Crippen molar-refractivity contribution < 1.29 is 14.6 Å². The summed E-state index contributed by atoms with van der Waals surface area (Å²) in [6.07, 6.45) is 0. The smallest absolute Gasteiger partial charge is 0.347 e. The van der Waals surface area contributed by atoms with Crippen LogP contribution in [-0.4, -0.2) is 10.2 Å². The summed E-state index contributed by atoms with van der Waals surface area (Å²) in [6.45, 7) is 1.81. The molecule has 20 heavy (non-hydrogen) atoms. The standard InChI is InChI=1S/C16H12O4/c1-9-3-2-4-12-14(18)13(16(19)20-15(9)12)10-5-7-11(17)8-6-10/h2-8,17-18H,1H3. The van der Waals surface area contributed by atoms with E-state index in [0.717, 1.165) is 5.56 Å². The fraction of sp³-hybridized carbons (Fsp3) is 0.0625. The van der Waals surface area contributed by atoms with Crippen LogP contribution in [0.5, 0.6) is 11.5 Å². The highest BCUT2D eigenvalue weighted by Crippen LogP contribution is 2.34. The van der Waals surface area contributed by atoms with Crippen LogP contribution < -0.4 is 5.63 Å². The van der Waals surface area contributed by atoms with Gasteiger partial charge in [0.2, 0.25) is 0 Å². The highest BCUT2D eigenvalue weighted by Gasteiger charge is 2.16. The van der Waals surface area contributed by atoms with Crippen LogP contribution in [0.1, 0.15) is 5.56 Å². The van der Waals surface area contributed by atoms with E-state index in [-0.39, 0.29) is 17.1 Å². The Bertz CT molecular complexity index is 845. The van der Waals surface area contributed by atoms with Gasteiger partial charge in [-0.25, -0.2) is 4.79 Å². The summed E-state index contributed by atoms with van der Waals surface area (Å²) in [4.78, 5) is 12.1. The molecule has 2 aromatic carbocycles. The van der Waals surface area contributed by atoms with Gasteiger partial charge in [-0.1, -0.05) is 24.3 Å².